The van der Waals surface area contributed by atoms with Crippen molar-refractivity contribution in [2.45, 2.75) is 17.1 Å². The molecule has 4 rings (SSSR count). The highest BCUT2D eigenvalue weighted by Gasteiger charge is 2.32. The van der Waals surface area contributed by atoms with Crippen LogP contribution < -0.4 is 5.32 Å². The predicted molar refractivity (Wildman–Crippen MR) is 114 cm³/mol. The monoisotopic (exact) mass is 444 g/mol. The maximum atomic E-state index is 12.6. The van der Waals surface area contributed by atoms with E-state index < -0.39 is 10.0 Å². The van der Waals surface area contributed by atoms with Gasteiger partial charge in [0.1, 0.15) is 9.96 Å². The van der Waals surface area contributed by atoms with E-state index in [4.69, 9.17) is 0 Å². The Balaban J connectivity index is 1.35. The number of rotatable bonds is 5. The normalized spacial score (nSPS) is 15.7. The van der Waals surface area contributed by atoms with Gasteiger partial charge in [0, 0.05) is 24.6 Å². The van der Waals surface area contributed by atoms with Crippen LogP contribution in [-0.4, -0.2) is 46.8 Å². The first-order chi connectivity index (χ1) is 14.4. The summed E-state index contributed by atoms with van der Waals surface area (Å²) in [7, 11) is -3.48. The molecule has 0 spiro atoms. The van der Waals surface area contributed by atoms with E-state index in [9.17, 15) is 18.3 Å². The van der Waals surface area contributed by atoms with Gasteiger partial charge in [0.05, 0.1) is 18.1 Å². The topological polar surface area (TPSA) is 112 Å². The number of phenolic OH excluding ortho intramolecular Hbond substituents is 1. The second-order valence-corrected chi connectivity index (χ2v) is 10.1. The Morgan fingerprint density at radius 1 is 1.13 bits per heavy atom. The second-order valence-electron chi connectivity index (χ2n) is 6.95. The molecule has 0 aliphatic carbocycles. The van der Waals surface area contributed by atoms with Crippen LogP contribution in [0.1, 0.15) is 12.8 Å². The molecule has 2 N–H and O–H groups in total. The minimum atomic E-state index is -3.48. The van der Waals surface area contributed by atoms with E-state index in [-0.39, 0.29) is 17.6 Å². The fraction of sp³-hybridized carbons (Fsp3) is 0.250. The number of amides is 1. The van der Waals surface area contributed by atoms with Gasteiger partial charge in [-0.25, -0.2) is 18.4 Å². The number of nitrogens with zero attached hydrogens (tertiary/aromatic N) is 3. The highest BCUT2D eigenvalue weighted by molar-refractivity contribution is 7.91. The second kappa shape index (κ2) is 8.50. The Kier molecular flexibility index (Phi) is 5.80. The van der Waals surface area contributed by atoms with E-state index in [1.54, 1.807) is 41.8 Å². The highest BCUT2D eigenvalue weighted by atomic mass is 32.2. The third-order valence-electron chi connectivity index (χ3n) is 4.94. The van der Waals surface area contributed by atoms with Gasteiger partial charge in [-0.1, -0.05) is 18.2 Å². The van der Waals surface area contributed by atoms with Crippen molar-refractivity contribution in [3.05, 3.63) is 54.2 Å². The number of anilines is 1. The van der Waals surface area contributed by atoms with Crippen molar-refractivity contribution in [1.29, 1.82) is 0 Å². The lowest BCUT2D eigenvalue weighted by atomic mass is 9.97. The zero-order chi connectivity index (χ0) is 21.1. The number of hydrogen-bond donors (Lipinski definition) is 2. The number of carbonyl (C=O) groups is 1. The van der Waals surface area contributed by atoms with E-state index >= 15 is 0 Å². The molecule has 156 valence electrons. The molecule has 1 aliphatic heterocycles. The van der Waals surface area contributed by atoms with Crippen LogP contribution in [0.4, 0.5) is 5.69 Å². The number of carbonyl (C=O) groups excluding carboxylic acids is 1. The third kappa shape index (κ3) is 4.35. The fourth-order valence-electron chi connectivity index (χ4n) is 3.33. The highest BCUT2D eigenvalue weighted by Crippen LogP contribution is 2.27. The molecule has 0 saturated carbocycles. The van der Waals surface area contributed by atoms with Gasteiger partial charge in [-0.15, -0.1) is 11.3 Å². The molecule has 3 heterocycles. The molecular formula is C20H20N4O4S2. The SMILES string of the molecule is O=C(Nc1cnc(-c2cccc(O)c2)nc1)C1CCN(S(=O)(=O)c2cccs2)CC1. The molecule has 1 saturated heterocycles. The number of aromatic nitrogens is 2. The van der Waals surface area contributed by atoms with E-state index in [1.807, 2.05) is 0 Å². The quantitative estimate of drug-likeness (QED) is 0.626. The molecule has 10 heteroatoms. The van der Waals surface area contributed by atoms with Crippen molar-refractivity contribution in [1.82, 2.24) is 14.3 Å². The average molecular weight is 445 g/mol. The zero-order valence-corrected chi connectivity index (χ0v) is 17.6. The van der Waals surface area contributed by atoms with Crippen molar-refractivity contribution in [3.63, 3.8) is 0 Å². The molecule has 0 bridgehead atoms. The number of benzene rings is 1. The fourth-order valence-corrected chi connectivity index (χ4v) is 5.94. The lowest BCUT2D eigenvalue weighted by Gasteiger charge is -2.30. The zero-order valence-electron chi connectivity index (χ0n) is 15.9. The smallest absolute Gasteiger partial charge is 0.252 e. The molecule has 1 aliphatic rings. The number of sulfonamides is 1. The van der Waals surface area contributed by atoms with E-state index in [1.165, 1.54) is 28.0 Å². The summed E-state index contributed by atoms with van der Waals surface area (Å²) in [6.45, 7) is 0.622. The van der Waals surface area contributed by atoms with Gasteiger partial charge in [-0.3, -0.25) is 4.79 Å². The molecular weight excluding hydrogens is 424 g/mol. The molecule has 1 fully saturated rings. The van der Waals surface area contributed by atoms with E-state index in [2.05, 4.69) is 15.3 Å². The van der Waals surface area contributed by atoms with Gasteiger partial charge < -0.3 is 10.4 Å². The van der Waals surface area contributed by atoms with Gasteiger partial charge >= 0.3 is 0 Å². The summed E-state index contributed by atoms with van der Waals surface area (Å²) >= 11 is 1.20. The molecule has 1 aromatic carbocycles. The standard InChI is InChI=1S/C20H20N4O4S2/c25-17-4-1-3-15(11-17)19-21-12-16(13-22-19)23-20(26)14-6-8-24(9-7-14)30(27,28)18-5-2-10-29-18/h1-5,10-14,25H,6-9H2,(H,23,26). The van der Waals surface area contributed by atoms with Crippen LogP contribution in [0.5, 0.6) is 5.75 Å². The van der Waals surface area contributed by atoms with E-state index in [0.717, 1.165) is 0 Å². The molecule has 30 heavy (non-hydrogen) atoms. The first-order valence-corrected chi connectivity index (χ1v) is 11.7. The Morgan fingerprint density at radius 3 is 2.50 bits per heavy atom. The summed E-state index contributed by atoms with van der Waals surface area (Å²) in [6, 6.07) is 9.92. The molecule has 2 aromatic heterocycles. The average Bonchev–Trinajstić information content (AvgIpc) is 3.30. The summed E-state index contributed by atoms with van der Waals surface area (Å²) in [5.41, 5.74) is 1.14. The summed E-state index contributed by atoms with van der Waals surface area (Å²) in [5, 5.41) is 14.1. The lowest BCUT2D eigenvalue weighted by Crippen LogP contribution is -2.41. The largest absolute Gasteiger partial charge is 0.508 e. The molecule has 0 atom stereocenters. The molecule has 1 amide bonds. The van der Waals surface area contributed by atoms with Crippen molar-refractivity contribution in [3.8, 4) is 17.1 Å². The first kappa shape index (κ1) is 20.5. The number of hydrogen-bond acceptors (Lipinski definition) is 7. The van der Waals surface area contributed by atoms with Crippen LogP contribution in [-0.2, 0) is 14.8 Å². The van der Waals surface area contributed by atoms with Crippen LogP contribution in [0.3, 0.4) is 0 Å². The van der Waals surface area contributed by atoms with Gasteiger partial charge in [-0.2, -0.15) is 4.31 Å². The molecule has 8 nitrogen and oxygen atoms in total. The van der Waals surface area contributed by atoms with Gasteiger partial charge in [0.2, 0.25) is 5.91 Å². The minimum absolute atomic E-state index is 0.126. The van der Waals surface area contributed by atoms with Crippen molar-refractivity contribution < 1.29 is 18.3 Å². The number of phenols is 1. The lowest BCUT2D eigenvalue weighted by molar-refractivity contribution is -0.120. The van der Waals surface area contributed by atoms with Gasteiger partial charge in [-0.05, 0) is 36.4 Å². The summed E-state index contributed by atoms with van der Waals surface area (Å²) in [4.78, 5) is 21.1. The van der Waals surface area contributed by atoms with Gasteiger partial charge in [0.15, 0.2) is 5.82 Å². The number of aromatic hydroxyl groups is 1. The van der Waals surface area contributed by atoms with Crippen molar-refractivity contribution in [2.75, 3.05) is 18.4 Å². The van der Waals surface area contributed by atoms with Crippen LogP contribution >= 0.6 is 11.3 Å². The maximum Gasteiger partial charge on any atom is 0.252 e. The predicted octanol–water partition coefficient (Wildman–Crippen LogP) is 2.95. The Labute approximate surface area is 178 Å². The van der Waals surface area contributed by atoms with Crippen LogP contribution in [0.15, 0.2) is 58.4 Å². The molecule has 0 radical (unpaired) electrons. The Bertz CT molecular complexity index is 1120. The third-order valence-corrected chi connectivity index (χ3v) is 8.21. The molecule has 0 unspecified atom stereocenters. The summed E-state index contributed by atoms with van der Waals surface area (Å²) in [5.74, 6) is 0.124. The van der Waals surface area contributed by atoms with Crippen LogP contribution in [0, 0.1) is 5.92 Å². The Hall–Kier alpha value is -2.82. The van der Waals surface area contributed by atoms with Crippen LogP contribution in [0.25, 0.3) is 11.4 Å². The van der Waals surface area contributed by atoms with E-state index in [0.29, 0.717) is 47.2 Å². The van der Waals surface area contributed by atoms with Crippen molar-refractivity contribution >= 4 is 33.0 Å². The van der Waals surface area contributed by atoms with Crippen LogP contribution in [0.2, 0.25) is 0 Å². The van der Waals surface area contributed by atoms with Gasteiger partial charge in [0.25, 0.3) is 10.0 Å². The number of nitrogens with one attached hydrogen (secondary N) is 1. The first-order valence-electron chi connectivity index (χ1n) is 9.39. The number of thiophene rings is 1. The maximum absolute atomic E-state index is 12.6. The summed E-state index contributed by atoms with van der Waals surface area (Å²) < 4.78 is 26.9. The minimum Gasteiger partial charge on any atom is -0.508 e. The molecule has 3 aromatic rings. The number of piperidine rings is 1. The summed E-state index contributed by atoms with van der Waals surface area (Å²) in [6.07, 6.45) is 3.94. The Morgan fingerprint density at radius 2 is 1.87 bits per heavy atom. The van der Waals surface area contributed by atoms with Crippen molar-refractivity contribution in [2.24, 2.45) is 5.92 Å².